The lowest BCUT2D eigenvalue weighted by Gasteiger charge is -2.09. The topological polar surface area (TPSA) is 41.8 Å². The number of H-pyrrole nitrogens is 1. The first-order valence-corrected chi connectivity index (χ1v) is 5.50. The minimum atomic E-state index is -4.44. The first kappa shape index (κ1) is 12.3. The van der Waals surface area contributed by atoms with Crippen molar-refractivity contribution >= 4 is 28.1 Å². The van der Waals surface area contributed by atoms with Crippen molar-refractivity contribution in [2.75, 3.05) is 0 Å². The van der Waals surface area contributed by atoms with Crippen LogP contribution in [0.2, 0.25) is 0 Å². The summed E-state index contributed by atoms with van der Waals surface area (Å²) in [6, 6.07) is 3.68. The lowest BCUT2D eigenvalue weighted by atomic mass is 10.1. The molecule has 0 bridgehead atoms. The Morgan fingerprint density at radius 3 is 2.59 bits per heavy atom. The maximum atomic E-state index is 12.6. The van der Waals surface area contributed by atoms with Crippen LogP contribution in [-0.2, 0) is 6.18 Å². The van der Waals surface area contributed by atoms with Gasteiger partial charge >= 0.3 is 6.18 Å². The molecule has 0 atom stereocenters. The van der Waals surface area contributed by atoms with Gasteiger partial charge in [0.25, 0.3) is 4.84 Å². The molecule has 0 unspecified atom stereocenters. The lowest BCUT2D eigenvalue weighted by Crippen LogP contribution is -2.06. The molecular formula is C9H4BrF3N2OS. The highest BCUT2D eigenvalue weighted by molar-refractivity contribution is 9.10. The molecule has 1 aromatic carbocycles. The molecule has 2 rings (SSSR count). The third-order valence-corrected chi connectivity index (χ3v) is 2.82. The highest BCUT2D eigenvalue weighted by Gasteiger charge is 2.33. The molecule has 0 amide bonds. The predicted octanol–water partition coefficient (Wildman–Crippen LogP) is 4.18. The van der Waals surface area contributed by atoms with E-state index in [4.69, 9.17) is 4.42 Å². The number of alkyl halides is 3. The van der Waals surface area contributed by atoms with Crippen molar-refractivity contribution in [3.05, 3.63) is 33.1 Å². The van der Waals surface area contributed by atoms with Gasteiger partial charge in [-0.2, -0.15) is 13.2 Å². The molecule has 1 heterocycles. The van der Waals surface area contributed by atoms with Crippen molar-refractivity contribution in [2.24, 2.45) is 0 Å². The SMILES string of the molecule is FC(F)(F)c1cc(-c2n[nH]c(=S)o2)ccc1Br. The summed E-state index contributed by atoms with van der Waals surface area (Å²) in [5.74, 6) is 0.0213. The second-order valence-electron chi connectivity index (χ2n) is 3.11. The van der Waals surface area contributed by atoms with Gasteiger partial charge in [0.2, 0.25) is 5.89 Å². The predicted molar refractivity (Wildman–Crippen MR) is 59.8 cm³/mol. The van der Waals surface area contributed by atoms with Gasteiger partial charge in [0.15, 0.2) is 0 Å². The van der Waals surface area contributed by atoms with Gasteiger partial charge in [-0.15, -0.1) is 5.10 Å². The molecule has 2 aromatic rings. The molecular weight excluding hydrogens is 321 g/mol. The van der Waals surface area contributed by atoms with Gasteiger partial charge in [-0.1, -0.05) is 15.9 Å². The first-order valence-electron chi connectivity index (χ1n) is 4.30. The molecule has 0 saturated heterocycles. The van der Waals surface area contributed by atoms with E-state index in [0.29, 0.717) is 0 Å². The minimum absolute atomic E-state index is 0.0106. The molecule has 1 N–H and O–H groups in total. The van der Waals surface area contributed by atoms with E-state index in [0.717, 1.165) is 6.07 Å². The zero-order valence-electron chi connectivity index (χ0n) is 8.01. The Labute approximate surface area is 107 Å². The number of hydrogen-bond donors (Lipinski definition) is 1. The Morgan fingerprint density at radius 1 is 1.35 bits per heavy atom. The molecule has 17 heavy (non-hydrogen) atoms. The van der Waals surface area contributed by atoms with Crippen molar-refractivity contribution in [1.82, 2.24) is 10.2 Å². The van der Waals surface area contributed by atoms with E-state index in [-0.39, 0.29) is 20.8 Å². The minimum Gasteiger partial charge on any atom is -0.409 e. The van der Waals surface area contributed by atoms with E-state index in [1.54, 1.807) is 0 Å². The quantitative estimate of drug-likeness (QED) is 0.800. The molecule has 3 nitrogen and oxygen atoms in total. The zero-order valence-corrected chi connectivity index (χ0v) is 10.4. The number of nitrogens with zero attached hydrogens (tertiary/aromatic N) is 1. The molecule has 90 valence electrons. The summed E-state index contributed by atoms with van der Waals surface area (Å²) in [4.78, 5) is 0.0106. The molecule has 0 aliphatic carbocycles. The highest BCUT2D eigenvalue weighted by atomic mass is 79.9. The van der Waals surface area contributed by atoms with E-state index < -0.39 is 11.7 Å². The maximum Gasteiger partial charge on any atom is 0.417 e. The summed E-state index contributed by atoms with van der Waals surface area (Å²) in [6.07, 6.45) is -4.44. The third kappa shape index (κ3) is 2.58. The van der Waals surface area contributed by atoms with Crippen molar-refractivity contribution < 1.29 is 17.6 Å². The van der Waals surface area contributed by atoms with Crippen molar-refractivity contribution in [3.8, 4) is 11.5 Å². The monoisotopic (exact) mass is 324 g/mol. The van der Waals surface area contributed by atoms with Crippen molar-refractivity contribution in [1.29, 1.82) is 0 Å². The number of aromatic amines is 1. The lowest BCUT2D eigenvalue weighted by molar-refractivity contribution is -0.138. The zero-order chi connectivity index (χ0) is 12.6. The fraction of sp³-hybridized carbons (Fsp3) is 0.111. The van der Waals surface area contributed by atoms with Gasteiger partial charge in [-0.25, -0.2) is 5.10 Å². The fourth-order valence-corrected chi connectivity index (χ4v) is 1.82. The standard InChI is InChI=1S/C9H4BrF3N2OS/c10-6-2-1-4(3-5(6)9(11,12)13)7-14-15-8(17)16-7/h1-3H,(H,15,17). The van der Waals surface area contributed by atoms with E-state index in [2.05, 4.69) is 38.3 Å². The van der Waals surface area contributed by atoms with Gasteiger partial charge in [0.05, 0.1) is 5.56 Å². The van der Waals surface area contributed by atoms with E-state index in [1.807, 2.05) is 0 Å². The van der Waals surface area contributed by atoms with Crippen molar-refractivity contribution in [2.45, 2.75) is 6.18 Å². The Bertz CT molecular complexity index is 605. The van der Waals surface area contributed by atoms with Crippen LogP contribution in [0.4, 0.5) is 13.2 Å². The molecule has 0 aliphatic heterocycles. The molecule has 0 aliphatic rings. The van der Waals surface area contributed by atoms with Gasteiger partial charge in [-0.3, -0.25) is 0 Å². The van der Waals surface area contributed by atoms with Crippen LogP contribution in [0.15, 0.2) is 27.1 Å². The van der Waals surface area contributed by atoms with Crippen LogP contribution in [-0.4, -0.2) is 10.2 Å². The van der Waals surface area contributed by atoms with Gasteiger partial charge in [-0.05, 0) is 30.4 Å². The highest BCUT2D eigenvalue weighted by Crippen LogP contribution is 2.36. The van der Waals surface area contributed by atoms with Crippen LogP contribution in [0.3, 0.4) is 0 Å². The Kier molecular flexibility index (Phi) is 3.09. The fourth-order valence-electron chi connectivity index (χ4n) is 1.23. The van der Waals surface area contributed by atoms with E-state index in [1.165, 1.54) is 12.1 Å². The Hall–Kier alpha value is -1.15. The molecule has 0 radical (unpaired) electrons. The van der Waals surface area contributed by atoms with Crippen molar-refractivity contribution in [3.63, 3.8) is 0 Å². The summed E-state index contributed by atoms with van der Waals surface area (Å²) < 4.78 is 42.8. The molecule has 0 spiro atoms. The summed E-state index contributed by atoms with van der Waals surface area (Å²) in [5.41, 5.74) is -0.591. The molecule has 0 fully saturated rings. The number of hydrogen-bond acceptors (Lipinski definition) is 3. The van der Waals surface area contributed by atoms with Crippen LogP contribution in [0, 0.1) is 4.84 Å². The van der Waals surface area contributed by atoms with Gasteiger partial charge < -0.3 is 4.42 Å². The average molecular weight is 325 g/mol. The number of aromatic nitrogens is 2. The molecule has 8 heteroatoms. The Balaban J connectivity index is 2.55. The van der Waals surface area contributed by atoms with Crippen LogP contribution >= 0.6 is 28.1 Å². The number of rotatable bonds is 1. The normalized spacial score (nSPS) is 11.8. The average Bonchev–Trinajstić information content (AvgIpc) is 2.64. The van der Waals surface area contributed by atoms with Crippen LogP contribution in [0.5, 0.6) is 0 Å². The van der Waals surface area contributed by atoms with Crippen LogP contribution in [0.25, 0.3) is 11.5 Å². The summed E-state index contributed by atoms with van der Waals surface area (Å²) in [5, 5.41) is 6.01. The maximum absolute atomic E-state index is 12.6. The molecule has 0 saturated carbocycles. The smallest absolute Gasteiger partial charge is 0.409 e. The van der Waals surface area contributed by atoms with Gasteiger partial charge in [0, 0.05) is 10.0 Å². The summed E-state index contributed by atoms with van der Waals surface area (Å²) in [6.45, 7) is 0. The number of halogens is 4. The van der Waals surface area contributed by atoms with Crippen LogP contribution < -0.4 is 0 Å². The first-order chi connectivity index (χ1) is 7.88. The van der Waals surface area contributed by atoms with E-state index in [9.17, 15) is 13.2 Å². The summed E-state index contributed by atoms with van der Waals surface area (Å²) in [7, 11) is 0. The molecule has 1 aromatic heterocycles. The summed E-state index contributed by atoms with van der Waals surface area (Å²) >= 11 is 7.49. The number of benzene rings is 1. The number of nitrogens with one attached hydrogen (secondary N) is 1. The second-order valence-corrected chi connectivity index (χ2v) is 4.34. The van der Waals surface area contributed by atoms with E-state index >= 15 is 0 Å². The van der Waals surface area contributed by atoms with Gasteiger partial charge in [0.1, 0.15) is 0 Å². The van der Waals surface area contributed by atoms with Crippen LogP contribution in [0.1, 0.15) is 5.56 Å². The largest absolute Gasteiger partial charge is 0.417 e. The third-order valence-electron chi connectivity index (χ3n) is 1.96. The Morgan fingerprint density at radius 2 is 2.06 bits per heavy atom. The second kappa shape index (κ2) is 4.26.